The Balaban J connectivity index is 1.46. The van der Waals surface area contributed by atoms with E-state index in [1.165, 1.54) is 26.3 Å². The molecule has 0 bridgehead atoms. The molecule has 10 nitrogen and oxygen atoms in total. The Morgan fingerprint density at radius 2 is 1.71 bits per heavy atom. The van der Waals surface area contributed by atoms with Crippen LogP contribution in [0.5, 0.6) is 11.5 Å². The van der Waals surface area contributed by atoms with Crippen LogP contribution in [-0.2, 0) is 30.8 Å². The minimum absolute atomic E-state index is 0.0410. The highest BCUT2D eigenvalue weighted by Gasteiger charge is 2.70. The van der Waals surface area contributed by atoms with Crippen LogP contribution in [0.4, 0.5) is 19.0 Å². The number of imide groups is 2. The average molecular weight is 716 g/mol. The standard InChI is InChI=1S/C34H27Cl2F3N4O6/c1-42-29(45)20-9-8-19-21(26(20)31(42)47)13-23-30(46)43(41-28-24(36)11-16(14-40-28)34(37,38)39)32(48)33(23,15-3-5-17(35)6-4-15)27(19)22-12-18(49-2)7-10-25(22)44/h3-8,10-12,14,20-21,23,26-27,44H,9,13H2,1-2H3,(H,40,41). The number of methoxy groups -OCH3 is 1. The number of nitrogens with one attached hydrogen (secondary N) is 1. The largest absolute Gasteiger partial charge is 0.508 e. The second-order valence-electron chi connectivity index (χ2n) is 12.6. The van der Waals surface area contributed by atoms with Crippen molar-refractivity contribution in [1.29, 1.82) is 0 Å². The fourth-order valence-electron chi connectivity index (χ4n) is 8.18. The summed E-state index contributed by atoms with van der Waals surface area (Å²) in [6.45, 7) is 0. The number of anilines is 1. The molecule has 49 heavy (non-hydrogen) atoms. The summed E-state index contributed by atoms with van der Waals surface area (Å²) in [5.74, 6) is -7.06. The molecule has 6 unspecified atom stereocenters. The number of halogens is 5. The fraction of sp³-hybridized carbons (Fsp3) is 0.324. The van der Waals surface area contributed by atoms with E-state index in [1.807, 2.05) is 6.08 Å². The molecule has 0 spiro atoms. The molecule has 4 aliphatic rings. The number of fused-ring (bicyclic) bond motifs is 4. The Kier molecular flexibility index (Phi) is 7.71. The Morgan fingerprint density at radius 3 is 2.37 bits per heavy atom. The summed E-state index contributed by atoms with van der Waals surface area (Å²) in [6, 6.07) is 11.4. The van der Waals surface area contributed by atoms with E-state index in [0.29, 0.717) is 39.2 Å². The number of amides is 4. The van der Waals surface area contributed by atoms with Crippen molar-refractivity contribution < 1.29 is 42.2 Å². The van der Waals surface area contributed by atoms with Gasteiger partial charge in [0.15, 0.2) is 5.82 Å². The van der Waals surface area contributed by atoms with Gasteiger partial charge in [0.2, 0.25) is 11.8 Å². The van der Waals surface area contributed by atoms with Crippen LogP contribution in [0.1, 0.15) is 35.4 Å². The Morgan fingerprint density at radius 1 is 1.00 bits per heavy atom. The number of likely N-dealkylation sites (tertiary alicyclic amines) is 1. The van der Waals surface area contributed by atoms with Crippen LogP contribution < -0.4 is 10.2 Å². The number of hydrogen-bond donors (Lipinski definition) is 2. The molecule has 15 heteroatoms. The zero-order chi connectivity index (χ0) is 35.2. The number of nitrogens with zero attached hydrogens (tertiary/aromatic N) is 3. The Hall–Kier alpha value is -4.62. The third kappa shape index (κ3) is 4.80. The summed E-state index contributed by atoms with van der Waals surface area (Å²) in [5, 5.41) is 12.0. The number of carbonyl (C=O) groups is 4. The van der Waals surface area contributed by atoms with Crippen LogP contribution in [0, 0.1) is 23.7 Å². The van der Waals surface area contributed by atoms with Crippen LogP contribution >= 0.6 is 23.2 Å². The molecular formula is C34H27Cl2F3N4O6. The van der Waals surface area contributed by atoms with E-state index < -0.39 is 69.5 Å². The number of aromatic nitrogens is 1. The molecule has 7 rings (SSSR count). The van der Waals surface area contributed by atoms with Gasteiger partial charge >= 0.3 is 6.18 Å². The van der Waals surface area contributed by atoms with Crippen molar-refractivity contribution in [3.8, 4) is 11.5 Å². The first-order valence-electron chi connectivity index (χ1n) is 15.2. The van der Waals surface area contributed by atoms with Gasteiger partial charge in [0.1, 0.15) is 11.5 Å². The maximum Gasteiger partial charge on any atom is 0.417 e. The maximum absolute atomic E-state index is 15.1. The quantitative estimate of drug-likeness (QED) is 0.253. The van der Waals surface area contributed by atoms with Gasteiger partial charge in [-0.15, -0.1) is 0 Å². The van der Waals surface area contributed by atoms with Crippen LogP contribution in [-0.4, -0.2) is 57.8 Å². The molecule has 3 fully saturated rings. The van der Waals surface area contributed by atoms with E-state index in [2.05, 4.69) is 10.4 Å². The second-order valence-corrected chi connectivity index (χ2v) is 13.4. The van der Waals surface area contributed by atoms with E-state index in [9.17, 15) is 32.7 Å². The number of allylic oxidation sites excluding steroid dienone is 2. The molecule has 2 N–H and O–H groups in total. The monoisotopic (exact) mass is 714 g/mol. The third-order valence-electron chi connectivity index (χ3n) is 10.3. The molecule has 4 amide bonds. The van der Waals surface area contributed by atoms with E-state index >= 15 is 4.79 Å². The van der Waals surface area contributed by atoms with Crippen molar-refractivity contribution in [2.75, 3.05) is 19.6 Å². The van der Waals surface area contributed by atoms with Gasteiger partial charge in [-0.1, -0.05) is 47.0 Å². The topological polar surface area (TPSA) is 129 Å². The number of hydrogen-bond acceptors (Lipinski definition) is 8. The molecule has 3 heterocycles. The molecule has 2 saturated heterocycles. The predicted octanol–water partition coefficient (Wildman–Crippen LogP) is 5.74. The van der Waals surface area contributed by atoms with Gasteiger partial charge in [0.25, 0.3) is 11.8 Å². The number of phenolic OH excluding ortho intramolecular Hbond substituents is 1. The SMILES string of the molecule is COc1ccc(O)c(C2C3=CCC4C(=O)N(C)C(=O)C4C3CC3C(=O)N(Nc4ncc(C(F)(F)F)cc4Cl)C(=O)C32c2ccc(Cl)cc2)c1. The van der Waals surface area contributed by atoms with Gasteiger partial charge in [-0.3, -0.25) is 29.5 Å². The zero-order valence-electron chi connectivity index (χ0n) is 25.8. The second kappa shape index (κ2) is 11.5. The van der Waals surface area contributed by atoms with E-state index in [1.54, 1.807) is 30.3 Å². The molecular weight excluding hydrogens is 688 g/mol. The van der Waals surface area contributed by atoms with Crippen LogP contribution in [0.25, 0.3) is 0 Å². The first-order valence-corrected chi connectivity index (χ1v) is 16.0. The molecule has 2 aromatic carbocycles. The number of hydrazine groups is 1. The lowest BCUT2D eigenvalue weighted by molar-refractivity contribution is -0.140. The number of alkyl halides is 3. The van der Waals surface area contributed by atoms with Gasteiger partial charge in [-0.2, -0.15) is 18.2 Å². The predicted molar refractivity (Wildman–Crippen MR) is 169 cm³/mol. The van der Waals surface area contributed by atoms with E-state index in [0.717, 1.165) is 4.90 Å². The fourth-order valence-corrected chi connectivity index (χ4v) is 8.51. The summed E-state index contributed by atoms with van der Waals surface area (Å²) in [7, 11) is 2.84. The molecule has 254 valence electrons. The maximum atomic E-state index is 15.1. The molecule has 2 aliphatic carbocycles. The molecule has 1 aromatic heterocycles. The first-order chi connectivity index (χ1) is 23.2. The lowest BCUT2D eigenvalue weighted by Gasteiger charge is -2.50. The first kappa shape index (κ1) is 32.9. The van der Waals surface area contributed by atoms with Crippen molar-refractivity contribution in [1.82, 2.24) is 14.9 Å². The summed E-state index contributed by atoms with van der Waals surface area (Å²) in [4.78, 5) is 61.3. The van der Waals surface area contributed by atoms with Crippen molar-refractivity contribution in [2.45, 2.75) is 30.4 Å². The number of benzene rings is 2. The van der Waals surface area contributed by atoms with Crippen LogP contribution in [0.3, 0.4) is 0 Å². The lowest BCUT2D eigenvalue weighted by Crippen LogP contribution is -2.53. The summed E-state index contributed by atoms with van der Waals surface area (Å²) < 4.78 is 45.6. The van der Waals surface area contributed by atoms with Crippen molar-refractivity contribution in [2.24, 2.45) is 23.7 Å². The zero-order valence-corrected chi connectivity index (χ0v) is 27.3. The number of carbonyl (C=O) groups excluding carboxylic acids is 4. The lowest BCUT2D eigenvalue weighted by atomic mass is 9.49. The van der Waals surface area contributed by atoms with E-state index in [4.69, 9.17) is 27.9 Å². The van der Waals surface area contributed by atoms with Crippen molar-refractivity contribution in [3.05, 3.63) is 93.1 Å². The highest BCUT2D eigenvalue weighted by molar-refractivity contribution is 6.33. The van der Waals surface area contributed by atoms with Crippen molar-refractivity contribution in [3.63, 3.8) is 0 Å². The summed E-state index contributed by atoms with van der Waals surface area (Å²) in [5.41, 5.74) is 0.823. The molecule has 1 saturated carbocycles. The number of aromatic hydroxyl groups is 1. The molecule has 3 aromatic rings. The smallest absolute Gasteiger partial charge is 0.417 e. The Bertz CT molecular complexity index is 1970. The van der Waals surface area contributed by atoms with Crippen LogP contribution in [0.15, 0.2) is 66.4 Å². The van der Waals surface area contributed by atoms with Gasteiger partial charge in [0.05, 0.1) is 40.9 Å². The minimum atomic E-state index is -4.75. The number of ether oxygens (including phenoxy) is 1. The summed E-state index contributed by atoms with van der Waals surface area (Å²) in [6.07, 6.45) is -2.26. The van der Waals surface area contributed by atoms with Gasteiger partial charge < -0.3 is 9.84 Å². The van der Waals surface area contributed by atoms with Crippen molar-refractivity contribution >= 4 is 52.6 Å². The molecule has 0 radical (unpaired) electrons. The van der Waals surface area contributed by atoms with E-state index in [-0.39, 0.29) is 35.9 Å². The number of pyridine rings is 1. The van der Waals surface area contributed by atoms with Crippen LogP contribution in [0.2, 0.25) is 10.0 Å². The van der Waals surface area contributed by atoms with Gasteiger partial charge in [-0.05, 0) is 60.7 Å². The van der Waals surface area contributed by atoms with Gasteiger partial charge in [-0.25, -0.2) is 4.98 Å². The average Bonchev–Trinajstić information content (AvgIpc) is 3.42. The minimum Gasteiger partial charge on any atom is -0.508 e. The highest BCUT2D eigenvalue weighted by Crippen LogP contribution is 2.65. The summed E-state index contributed by atoms with van der Waals surface area (Å²) >= 11 is 12.5. The number of rotatable bonds is 5. The highest BCUT2D eigenvalue weighted by atomic mass is 35.5. The molecule has 6 atom stereocenters. The normalized spacial score (nSPS) is 27.9. The molecule has 2 aliphatic heterocycles. The Labute approximate surface area is 287 Å². The third-order valence-corrected chi connectivity index (χ3v) is 10.9. The van der Waals surface area contributed by atoms with Gasteiger partial charge in [0, 0.05) is 29.7 Å². The number of phenols is 1.